The van der Waals surface area contributed by atoms with E-state index in [1.807, 2.05) is 0 Å². The molecule has 0 bridgehead atoms. The number of carbonyl (C=O) groups excluding carboxylic acids is 1. The van der Waals surface area contributed by atoms with Gasteiger partial charge in [0.25, 0.3) is 5.91 Å². The third kappa shape index (κ3) is 3.26. The van der Waals surface area contributed by atoms with Gasteiger partial charge in [-0.1, -0.05) is 31.5 Å². The first-order valence-electron chi connectivity index (χ1n) is 6.98. The first-order valence-corrected chi connectivity index (χ1v) is 7.39. The number of methoxy groups -OCH3 is 1. The summed E-state index contributed by atoms with van der Waals surface area (Å²) in [7, 11) is 1.51. The molecule has 1 aromatic carbocycles. The molecule has 0 aliphatic heterocycles. The van der Waals surface area contributed by atoms with Crippen LogP contribution >= 0.6 is 12.2 Å². The highest BCUT2D eigenvalue weighted by atomic mass is 32.1. The van der Waals surface area contributed by atoms with Crippen LogP contribution in [-0.4, -0.2) is 28.7 Å². The van der Waals surface area contributed by atoms with Crippen molar-refractivity contribution in [2.45, 2.75) is 37.6 Å². The highest BCUT2D eigenvalue weighted by Crippen LogP contribution is 2.30. The van der Waals surface area contributed by atoms with Crippen LogP contribution in [0.15, 0.2) is 18.2 Å². The van der Waals surface area contributed by atoms with E-state index in [1.165, 1.54) is 19.2 Å². The maximum atomic E-state index is 12.5. The average Bonchev–Trinajstić information content (AvgIpc) is 2.48. The highest BCUT2D eigenvalue weighted by Gasteiger charge is 2.37. The Morgan fingerprint density at radius 3 is 2.62 bits per heavy atom. The van der Waals surface area contributed by atoms with Crippen molar-refractivity contribution in [3.05, 3.63) is 23.8 Å². The molecule has 6 heteroatoms. The predicted molar refractivity (Wildman–Crippen MR) is 84.7 cm³/mol. The number of aromatic hydroxyl groups is 1. The fraction of sp³-hybridized carbons (Fsp3) is 0.467. The summed E-state index contributed by atoms with van der Waals surface area (Å²) in [5.41, 5.74) is 5.36. The number of nitrogens with one attached hydrogen (secondary N) is 1. The number of phenolic OH excluding ortho intramolecular Hbond substituents is 1. The Morgan fingerprint density at radius 1 is 1.38 bits per heavy atom. The Bertz CT molecular complexity index is 554. The van der Waals surface area contributed by atoms with Crippen LogP contribution in [0.25, 0.3) is 0 Å². The molecule has 1 aliphatic carbocycles. The van der Waals surface area contributed by atoms with Crippen LogP contribution in [0.4, 0.5) is 0 Å². The Hall–Kier alpha value is -1.82. The van der Waals surface area contributed by atoms with Crippen LogP contribution in [0.5, 0.6) is 11.5 Å². The van der Waals surface area contributed by atoms with E-state index in [0.29, 0.717) is 10.7 Å². The lowest BCUT2D eigenvalue weighted by molar-refractivity contribution is 0.0905. The fourth-order valence-electron chi connectivity index (χ4n) is 2.70. The van der Waals surface area contributed by atoms with Crippen LogP contribution in [-0.2, 0) is 0 Å². The van der Waals surface area contributed by atoms with Gasteiger partial charge in [-0.3, -0.25) is 4.79 Å². The summed E-state index contributed by atoms with van der Waals surface area (Å²) >= 11 is 5.15. The standard InChI is InChI=1S/C15H20N2O3S/c1-20-10-5-6-12(18)11(9-10)13(19)17-15(14(16)21)7-3-2-4-8-15/h5-6,9,18H,2-4,7-8H2,1H3,(H2,16,21)(H,17,19). The lowest BCUT2D eigenvalue weighted by atomic mass is 9.81. The first-order chi connectivity index (χ1) is 9.98. The maximum absolute atomic E-state index is 12.5. The van der Waals surface area contributed by atoms with Crippen molar-refractivity contribution < 1.29 is 14.6 Å². The van der Waals surface area contributed by atoms with Crippen LogP contribution in [0, 0.1) is 0 Å². The molecule has 0 heterocycles. The van der Waals surface area contributed by atoms with Gasteiger partial charge in [0.1, 0.15) is 11.5 Å². The van der Waals surface area contributed by atoms with E-state index in [2.05, 4.69) is 5.32 Å². The molecule has 21 heavy (non-hydrogen) atoms. The topological polar surface area (TPSA) is 84.6 Å². The highest BCUT2D eigenvalue weighted by molar-refractivity contribution is 7.80. The zero-order valence-corrected chi connectivity index (χ0v) is 12.8. The third-order valence-electron chi connectivity index (χ3n) is 3.98. The van der Waals surface area contributed by atoms with Crippen LogP contribution < -0.4 is 15.8 Å². The lowest BCUT2D eigenvalue weighted by Crippen LogP contribution is -2.57. The number of amides is 1. The summed E-state index contributed by atoms with van der Waals surface area (Å²) in [6.45, 7) is 0. The minimum absolute atomic E-state index is 0.0952. The van der Waals surface area contributed by atoms with E-state index in [1.54, 1.807) is 6.07 Å². The molecule has 1 fully saturated rings. The van der Waals surface area contributed by atoms with Gasteiger partial charge >= 0.3 is 0 Å². The molecule has 5 nitrogen and oxygen atoms in total. The monoisotopic (exact) mass is 308 g/mol. The van der Waals surface area contributed by atoms with Gasteiger partial charge in [-0.15, -0.1) is 0 Å². The zero-order valence-electron chi connectivity index (χ0n) is 12.0. The van der Waals surface area contributed by atoms with E-state index < -0.39 is 5.54 Å². The predicted octanol–water partition coefficient (Wildman–Crippen LogP) is 2.12. The van der Waals surface area contributed by atoms with E-state index in [0.717, 1.165) is 32.1 Å². The summed E-state index contributed by atoms with van der Waals surface area (Å²) in [5, 5.41) is 12.8. The SMILES string of the molecule is COc1ccc(O)c(C(=O)NC2(C(N)=S)CCCCC2)c1. The smallest absolute Gasteiger partial charge is 0.255 e. The summed E-state index contributed by atoms with van der Waals surface area (Å²) in [5.74, 6) is 0.0225. The Labute approximate surface area is 129 Å². The van der Waals surface area contributed by atoms with Crippen molar-refractivity contribution in [2.24, 2.45) is 5.73 Å². The minimum Gasteiger partial charge on any atom is -0.507 e. The number of phenols is 1. The lowest BCUT2D eigenvalue weighted by Gasteiger charge is -2.37. The van der Waals surface area contributed by atoms with Gasteiger partial charge in [-0.25, -0.2) is 0 Å². The van der Waals surface area contributed by atoms with Crippen molar-refractivity contribution in [1.29, 1.82) is 0 Å². The number of hydrogen-bond acceptors (Lipinski definition) is 4. The Balaban J connectivity index is 2.25. The molecule has 0 radical (unpaired) electrons. The Kier molecular flexibility index (Phi) is 4.67. The van der Waals surface area contributed by atoms with Crippen molar-refractivity contribution in [1.82, 2.24) is 5.32 Å². The average molecular weight is 308 g/mol. The van der Waals surface area contributed by atoms with Crippen molar-refractivity contribution in [3.8, 4) is 11.5 Å². The second-order valence-electron chi connectivity index (χ2n) is 5.34. The van der Waals surface area contributed by atoms with Crippen LogP contribution in [0.2, 0.25) is 0 Å². The summed E-state index contributed by atoms with van der Waals surface area (Å²) in [6.07, 6.45) is 4.53. The molecule has 0 atom stereocenters. The minimum atomic E-state index is -0.653. The largest absolute Gasteiger partial charge is 0.507 e. The van der Waals surface area contributed by atoms with Gasteiger partial charge < -0.3 is 20.9 Å². The van der Waals surface area contributed by atoms with Crippen molar-refractivity contribution in [3.63, 3.8) is 0 Å². The number of rotatable bonds is 4. The van der Waals surface area contributed by atoms with Gasteiger partial charge in [0.05, 0.1) is 23.2 Å². The normalized spacial score (nSPS) is 17.0. The number of carbonyl (C=O) groups is 1. The van der Waals surface area contributed by atoms with Gasteiger partial charge in [-0.2, -0.15) is 0 Å². The second kappa shape index (κ2) is 6.30. The van der Waals surface area contributed by atoms with Crippen LogP contribution in [0.1, 0.15) is 42.5 Å². The van der Waals surface area contributed by atoms with E-state index in [4.69, 9.17) is 22.7 Å². The summed E-state index contributed by atoms with van der Waals surface area (Å²) in [6, 6.07) is 4.53. The quantitative estimate of drug-likeness (QED) is 0.742. The first kappa shape index (κ1) is 15.6. The zero-order chi connectivity index (χ0) is 15.5. The molecule has 1 aromatic rings. The van der Waals surface area contributed by atoms with Crippen molar-refractivity contribution >= 4 is 23.1 Å². The molecule has 1 aliphatic rings. The van der Waals surface area contributed by atoms with Gasteiger partial charge in [0, 0.05) is 0 Å². The molecule has 1 amide bonds. The van der Waals surface area contributed by atoms with E-state index in [-0.39, 0.29) is 17.2 Å². The van der Waals surface area contributed by atoms with Crippen LogP contribution in [0.3, 0.4) is 0 Å². The molecule has 0 unspecified atom stereocenters. The third-order valence-corrected chi connectivity index (χ3v) is 4.37. The molecule has 2 rings (SSSR count). The second-order valence-corrected chi connectivity index (χ2v) is 5.78. The Morgan fingerprint density at radius 2 is 2.05 bits per heavy atom. The molecule has 0 aromatic heterocycles. The molecule has 114 valence electrons. The number of ether oxygens (including phenoxy) is 1. The fourth-order valence-corrected chi connectivity index (χ4v) is 2.95. The molecule has 0 saturated heterocycles. The maximum Gasteiger partial charge on any atom is 0.255 e. The molecular weight excluding hydrogens is 288 g/mol. The van der Waals surface area contributed by atoms with E-state index in [9.17, 15) is 9.90 Å². The summed E-state index contributed by atoms with van der Waals surface area (Å²) in [4.78, 5) is 12.8. The summed E-state index contributed by atoms with van der Waals surface area (Å²) < 4.78 is 5.08. The number of benzene rings is 1. The molecule has 1 saturated carbocycles. The van der Waals surface area contributed by atoms with Gasteiger partial charge in [0.15, 0.2) is 0 Å². The van der Waals surface area contributed by atoms with Crippen molar-refractivity contribution in [2.75, 3.05) is 7.11 Å². The molecule has 4 N–H and O–H groups in total. The van der Waals surface area contributed by atoms with E-state index >= 15 is 0 Å². The number of hydrogen-bond donors (Lipinski definition) is 3. The van der Waals surface area contributed by atoms with Gasteiger partial charge in [0.2, 0.25) is 0 Å². The molecular formula is C15H20N2O3S. The number of thiocarbonyl (C=S) groups is 1. The van der Waals surface area contributed by atoms with Gasteiger partial charge in [-0.05, 0) is 31.0 Å². The number of nitrogens with two attached hydrogens (primary N) is 1. The molecule has 0 spiro atoms.